The van der Waals surface area contributed by atoms with Crippen molar-refractivity contribution in [1.29, 1.82) is 0 Å². The molecular formula is C55H39N3S. The molecule has 7 aromatic carbocycles. The Hall–Kier alpha value is -6.36. The van der Waals surface area contributed by atoms with Gasteiger partial charge in [0.25, 0.3) is 0 Å². The van der Waals surface area contributed by atoms with Crippen molar-refractivity contribution >= 4 is 53.4 Å². The fourth-order valence-electron chi connectivity index (χ4n) is 13.0. The van der Waals surface area contributed by atoms with Crippen LogP contribution < -0.4 is 0 Å². The molecule has 3 nitrogen and oxygen atoms in total. The molecule has 5 aliphatic rings. The minimum Gasteiger partial charge on any atom is -0.278 e. The number of rotatable bonds is 4. The summed E-state index contributed by atoms with van der Waals surface area (Å²) in [4.78, 5) is 12.0. The van der Waals surface area contributed by atoms with Gasteiger partial charge in [0.1, 0.15) is 4.83 Å². The molecule has 15 rings (SSSR count). The van der Waals surface area contributed by atoms with E-state index in [1.807, 2.05) is 0 Å². The summed E-state index contributed by atoms with van der Waals surface area (Å²) in [6, 6.07) is 60.8. The average molecular weight is 774 g/mol. The molecule has 4 saturated carbocycles. The lowest BCUT2D eigenvalue weighted by Crippen LogP contribution is -2.40. The van der Waals surface area contributed by atoms with Gasteiger partial charge in [-0.1, -0.05) is 140 Å². The van der Waals surface area contributed by atoms with Gasteiger partial charge in [-0.3, -0.25) is 4.57 Å². The molecule has 5 unspecified atom stereocenters. The predicted molar refractivity (Wildman–Crippen MR) is 244 cm³/mol. The molecule has 3 aromatic heterocycles. The van der Waals surface area contributed by atoms with Crippen molar-refractivity contribution in [1.82, 2.24) is 14.5 Å². The summed E-state index contributed by atoms with van der Waals surface area (Å²) < 4.78 is 3.53. The third-order valence-corrected chi connectivity index (χ3v) is 16.1. The predicted octanol–water partition coefficient (Wildman–Crippen LogP) is 14.3. The van der Waals surface area contributed by atoms with Gasteiger partial charge in [-0.05, 0) is 118 Å². The van der Waals surface area contributed by atoms with Crippen LogP contribution in [-0.2, 0) is 5.41 Å². The molecular weight excluding hydrogens is 735 g/mol. The Kier molecular flexibility index (Phi) is 6.55. The van der Waals surface area contributed by atoms with E-state index in [2.05, 4.69) is 168 Å². The number of hydrogen-bond acceptors (Lipinski definition) is 3. The highest BCUT2D eigenvalue weighted by Gasteiger charge is 2.65. The van der Waals surface area contributed by atoms with Crippen LogP contribution in [0.3, 0.4) is 0 Å². The van der Waals surface area contributed by atoms with Crippen LogP contribution in [0.2, 0.25) is 0 Å². The number of fused-ring (bicyclic) bond motifs is 9. The number of thiophene rings is 1. The van der Waals surface area contributed by atoms with Gasteiger partial charge in [0.05, 0.1) is 16.7 Å². The van der Waals surface area contributed by atoms with Crippen molar-refractivity contribution in [2.24, 2.45) is 23.7 Å². The summed E-state index contributed by atoms with van der Waals surface area (Å²) in [5, 5.41) is 4.78. The van der Waals surface area contributed by atoms with Crippen molar-refractivity contribution < 1.29 is 0 Å². The third kappa shape index (κ3) is 4.32. The van der Waals surface area contributed by atoms with Crippen LogP contribution in [0.5, 0.6) is 0 Å². The van der Waals surface area contributed by atoms with Crippen LogP contribution in [0.15, 0.2) is 164 Å². The number of hydrogen-bond donors (Lipinski definition) is 0. The first-order chi connectivity index (χ1) is 29.2. The summed E-state index contributed by atoms with van der Waals surface area (Å²) in [6.45, 7) is 0. The molecule has 0 N–H and O–H groups in total. The fraction of sp³-hybridized carbons (Fsp3) is 0.164. The van der Waals surface area contributed by atoms with Crippen LogP contribution in [0.25, 0.3) is 92.7 Å². The molecule has 1 spiro atoms. The van der Waals surface area contributed by atoms with E-state index in [-0.39, 0.29) is 5.41 Å². The summed E-state index contributed by atoms with van der Waals surface area (Å²) in [6.07, 6.45) is 5.67. The Morgan fingerprint density at radius 2 is 1.22 bits per heavy atom. The highest BCUT2D eigenvalue weighted by Crippen LogP contribution is 2.73. The van der Waals surface area contributed by atoms with Crippen molar-refractivity contribution in [3.8, 4) is 50.6 Å². The molecule has 4 bridgehead atoms. The molecule has 4 heteroatoms. The lowest BCUT2D eigenvalue weighted by atomic mass is 9.59. The quantitative estimate of drug-likeness (QED) is 0.178. The van der Waals surface area contributed by atoms with E-state index in [1.165, 1.54) is 79.9 Å². The number of nitrogens with zero attached hydrogens (tertiary/aromatic N) is 3. The van der Waals surface area contributed by atoms with E-state index < -0.39 is 0 Å². The van der Waals surface area contributed by atoms with E-state index in [0.29, 0.717) is 5.95 Å². The monoisotopic (exact) mass is 773 g/mol. The van der Waals surface area contributed by atoms with E-state index >= 15 is 0 Å². The Labute approximate surface area is 346 Å². The van der Waals surface area contributed by atoms with Crippen LogP contribution >= 0.6 is 11.3 Å². The summed E-state index contributed by atoms with van der Waals surface area (Å²) >= 11 is 1.75. The Morgan fingerprint density at radius 1 is 0.508 bits per heavy atom. The Bertz CT molecular complexity index is 3370. The molecule has 0 amide bonds. The first kappa shape index (κ1) is 32.6. The Balaban J connectivity index is 0.974. The van der Waals surface area contributed by atoms with Crippen LogP contribution in [0.1, 0.15) is 36.8 Å². The molecule has 3 heterocycles. The largest absolute Gasteiger partial charge is 0.278 e. The first-order valence-electron chi connectivity index (χ1n) is 21.3. The molecule has 59 heavy (non-hydrogen) atoms. The SMILES string of the molecule is c1ccc(-c2ccc(-c3nc(-n4c5ccccc5c5c(-c6ccc7c(c6)-c6ccccc6C76C7CC8CC(C7)C6C8)cccc54)nc4sc5ccccc5c34)cc2)cc1. The van der Waals surface area contributed by atoms with Crippen LogP contribution in [-0.4, -0.2) is 14.5 Å². The highest BCUT2D eigenvalue weighted by molar-refractivity contribution is 7.25. The minimum atomic E-state index is 0.187. The minimum absolute atomic E-state index is 0.187. The zero-order valence-corrected chi connectivity index (χ0v) is 33.3. The van der Waals surface area contributed by atoms with Gasteiger partial charge in [-0.2, -0.15) is 0 Å². The summed E-state index contributed by atoms with van der Waals surface area (Å²) in [5.41, 5.74) is 15.5. The second-order valence-corrected chi connectivity index (χ2v) is 18.7. The van der Waals surface area contributed by atoms with Gasteiger partial charge >= 0.3 is 0 Å². The van der Waals surface area contributed by atoms with E-state index in [9.17, 15) is 0 Å². The lowest BCUT2D eigenvalue weighted by molar-refractivity contribution is 0.191. The summed E-state index contributed by atoms with van der Waals surface area (Å²) in [7, 11) is 0. The summed E-state index contributed by atoms with van der Waals surface area (Å²) in [5.74, 6) is 4.08. The van der Waals surface area contributed by atoms with Gasteiger partial charge in [-0.25, -0.2) is 9.97 Å². The molecule has 4 fully saturated rings. The second kappa shape index (κ2) is 11.9. The van der Waals surface area contributed by atoms with Gasteiger partial charge in [0, 0.05) is 37.2 Å². The molecule has 280 valence electrons. The maximum absolute atomic E-state index is 5.55. The molecule has 5 aliphatic carbocycles. The van der Waals surface area contributed by atoms with E-state index in [4.69, 9.17) is 9.97 Å². The van der Waals surface area contributed by atoms with E-state index in [0.717, 1.165) is 56.2 Å². The van der Waals surface area contributed by atoms with Crippen LogP contribution in [0, 0.1) is 23.7 Å². The number of benzene rings is 7. The second-order valence-electron chi connectivity index (χ2n) is 17.7. The van der Waals surface area contributed by atoms with Crippen molar-refractivity contribution in [2.75, 3.05) is 0 Å². The lowest BCUT2D eigenvalue weighted by Gasteiger charge is -2.43. The van der Waals surface area contributed by atoms with Crippen molar-refractivity contribution in [3.63, 3.8) is 0 Å². The maximum Gasteiger partial charge on any atom is 0.236 e. The first-order valence-corrected chi connectivity index (χ1v) is 22.2. The fourth-order valence-corrected chi connectivity index (χ4v) is 14.1. The van der Waals surface area contributed by atoms with Gasteiger partial charge < -0.3 is 0 Å². The maximum atomic E-state index is 5.55. The number of para-hydroxylation sites is 1. The average Bonchev–Trinajstić information content (AvgIpc) is 4.05. The van der Waals surface area contributed by atoms with E-state index in [1.54, 1.807) is 22.5 Å². The smallest absolute Gasteiger partial charge is 0.236 e. The number of aromatic nitrogens is 3. The van der Waals surface area contributed by atoms with Crippen molar-refractivity contribution in [3.05, 3.63) is 175 Å². The van der Waals surface area contributed by atoms with Gasteiger partial charge in [-0.15, -0.1) is 11.3 Å². The molecule has 5 atom stereocenters. The van der Waals surface area contributed by atoms with Gasteiger partial charge in [0.15, 0.2) is 0 Å². The topological polar surface area (TPSA) is 30.7 Å². The molecule has 0 saturated heterocycles. The normalized spacial score (nSPS) is 22.4. The Morgan fingerprint density at radius 3 is 2.12 bits per heavy atom. The molecule has 10 aromatic rings. The standard InChI is InChI=1S/C55H39N3S/c1-2-11-33(12-3-1)34-21-23-35(24-22-34)52-51-42-15-6-9-20-49(42)59-53(51)57-54(56-52)58-47-18-8-5-14-41(47)50-39(16-10-19-48(50)58)36-25-26-45-43(31-36)40-13-4-7-17-44(40)55(45)38-28-32-27-37(30-38)46(55)29-32/h1-26,31-32,37-38,46H,27-30H2. The zero-order valence-electron chi connectivity index (χ0n) is 32.5. The van der Waals surface area contributed by atoms with Gasteiger partial charge in [0.2, 0.25) is 5.95 Å². The zero-order chi connectivity index (χ0) is 38.4. The molecule has 0 aliphatic heterocycles. The highest BCUT2D eigenvalue weighted by atomic mass is 32.1. The molecule has 0 radical (unpaired) electrons. The van der Waals surface area contributed by atoms with Crippen molar-refractivity contribution in [2.45, 2.75) is 31.1 Å². The van der Waals surface area contributed by atoms with Crippen LogP contribution in [0.4, 0.5) is 0 Å². The third-order valence-electron chi connectivity index (χ3n) is 15.1.